The number of hydrogen-bond donors (Lipinski definition) is 2. The molecule has 1 aliphatic rings. The Morgan fingerprint density at radius 1 is 1.47 bits per heavy atom. The highest BCUT2D eigenvalue weighted by molar-refractivity contribution is 7.99. The molecule has 0 atom stereocenters. The molecular formula is C14H16N2O2S. The fraction of sp³-hybridized carbons (Fsp3) is 0.429. The molecule has 0 saturated carbocycles. The predicted molar refractivity (Wildman–Crippen MR) is 74.5 cm³/mol. The summed E-state index contributed by atoms with van der Waals surface area (Å²) in [6.45, 7) is 0.337. The Hall–Kier alpha value is -1.51. The second-order valence-electron chi connectivity index (χ2n) is 4.64. The van der Waals surface area contributed by atoms with Crippen molar-refractivity contribution >= 4 is 17.7 Å². The second kappa shape index (κ2) is 6.09. The summed E-state index contributed by atoms with van der Waals surface area (Å²) in [5.74, 6) is 1.32. The molecule has 1 aliphatic heterocycles. The summed E-state index contributed by atoms with van der Waals surface area (Å²) >= 11 is 1.76. The van der Waals surface area contributed by atoms with E-state index in [4.69, 9.17) is 5.26 Å². The Morgan fingerprint density at radius 2 is 2.21 bits per heavy atom. The monoisotopic (exact) mass is 276 g/mol. The van der Waals surface area contributed by atoms with Crippen molar-refractivity contribution in [1.82, 2.24) is 5.32 Å². The molecule has 100 valence electrons. The quantitative estimate of drug-likeness (QED) is 0.876. The van der Waals surface area contributed by atoms with Crippen molar-refractivity contribution < 1.29 is 9.90 Å². The smallest absolute Gasteiger partial charge is 0.252 e. The normalized spacial score (nSPS) is 17.5. The number of nitriles is 1. The standard InChI is InChI=1S/C14H16N2O2S/c15-9-11-2-1-3-12(8-11)10-16-13(17)14(18)4-6-19-7-5-14/h1-3,8,18H,4-7,10H2,(H,16,17). The van der Waals surface area contributed by atoms with Crippen LogP contribution in [0.25, 0.3) is 0 Å². The molecule has 0 unspecified atom stereocenters. The van der Waals surface area contributed by atoms with E-state index in [1.165, 1.54) is 0 Å². The number of carbonyl (C=O) groups is 1. The molecule has 4 nitrogen and oxygen atoms in total. The first-order valence-electron chi connectivity index (χ1n) is 6.21. The van der Waals surface area contributed by atoms with Crippen LogP contribution >= 0.6 is 11.8 Å². The van der Waals surface area contributed by atoms with Crippen LogP contribution < -0.4 is 5.32 Å². The maximum atomic E-state index is 12.0. The molecule has 0 spiro atoms. The third kappa shape index (κ3) is 3.49. The average Bonchev–Trinajstić information content (AvgIpc) is 2.45. The number of amides is 1. The Labute approximate surface area is 116 Å². The minimum atomic E-state index is -1.22. The van der Waals surface area contributed by atoms with Gasteiger partial charge in [0.05, 0.1) is 11.6 Å². The van der Waals surface area contributed by atoms with Crippen molar-refractivity contribution in [3.05, 3.63) is 35.4 Å². The zero-order chi connectivity index (χ0) is 13.7. The molecule has 1 aromatic rings. The Morgan fingerprint density at radius 3 is 2.89 bits per heavy atom. The van der Waals surface area contributed by atoms with E-state index in [1.807, 2.05) is 6.07 Å². The number of nitrogens with zero attached hydrogens (tertiary/aromatic N) is 1. The van der Waals surface area contributed by atoms with Crippen LogP contribution in [0.5, 0.6) is 0 Å². The van der Waals surface area contributed by atoms with Gasteiger partial charge in [-0.15, -0.1) is 0 Å². The van der Waals surface area contributed by atoms with E-state index < -0.39 is 5.60 Å². The SMILES string of the molecule is N#Cc1cccc(CNC(=O)C2(O)CCSCC2)c1. The molecule has 0 aromatic heterocycles. The Bertz CT molecular complexity index is 504. The first kappa shape index (κ1) is 13.9. The minimum absolute atomic E-state index is 0.310. The number of nitrogens with one attached hydrogen (secondary N) is 1. The third-order valence-electron chi connectivity index (χ3n) is 3.25. The number of rotatable bonds is 3. The largest absolute Gasteiger partial charge is 0.380 e. The van der Waals surface area contributed by atoms with E-state index in [0.29, 0.717) is 24.9 Å². The molecule has 0 aliphatic carbocycles. The fourth-order valence-electron chi connectivity index (χ4n) is 2.03. The lowest BCUT2D eigenvalue weighted by Crippen LogP contribution is -2.48. The number of benzene rings is 1. The van der Waals surface area contributed by atoms with Crippen LogP contribution in [-0.2, 0) is 11.3 Å². The summed E-state index contributed by atoms with van der Waals surface area (Å²) < 4.78 is 0. The van der Waals surface area contributed by atoms with E-state index in [-0.39, 0.29) is 5.91 Å². The molecule has 2 N–H and O–H groups in total. The fourth-order valence-corrected chi connectivity index (χ4v) is 3.20. The van der Waals surface area contributed by atoms with Gasteiger partial charge in [-0.2, -0.15) is 17.0 Å². The topological polar surface area (TPSA) is 73.1 Å². The highest BCUT2D eigenvalue weighted by Gasteiger charge is 2.37. The molecular weight excluding hydrogens is 260 g/mol. The molecule has 19 heavy (non-hydrogen) atoms. The summed E-state index contributed by atoms with van der Waals surface area (Å²) in [4.78, 5) is 12.0. The maximum Gasteiger partial charge on any atom is 0.252 e. The minimum Gasteiger partial charge on any atom is -0.380 e. The number of aliphatic hydroxyl groups is 1. The van der Waals surface area contributed by atoms with Gasteiger partial charge in [0.1, 0.15) is 5.60 Å². The number of carbonyl (C=O) groups excluding carboxylic acids is 1. The number of thioether (sulfide) groups is 1. The van der Waals surface area contributed by atoms with E-state index in [0.717, 1.165) is 17.1 Å². The van der Waals surface area contributed by atoms with Gasteiger partial charge in [0.2, 0.25) is 0 Å². The van der Waals surface area contributed by atoms with Gasteiger partial charge >= 0.3 is 0 Å². The summed E-state index contributed by atoms with van der Waals surface area (Å²) in [6, 6.07) is 9.15. The zero-order valence-electron chi connectivity index (χ0n) is 10.6. The zero-order valence-corrected chi connectivity index (χ0v) is 11.4. The van der Waals surface area contributed by atoms with Crippen molar-refractivity contribution in [2.24, 2.45) is 0 Å². The molecule has 0 radical (unpaired) electrons. The third-order valence-corrected chi connectivity index (χ3v) is 4.24. The predicted octanol–water partition coefficient (Wildman–Crippen LogP) is 1.43. The molecule has 0 bridgehead atoms. The van der Waals surface area contributed by atoms with Crippen LogP contribution in [0.15, 0.2) is 24.3 Å². The molecule has 5 heteroatoms. The highest BCUT2D eigenvalue weighted by atomic mass is 32.2. The van der Waals surface area contributed by atoms with Crippen LogP contribution in [0.3, 0.4) is 0 Å². The first-order chi connectivity index (χ1) is 9.14. The summed E-state index contributed by atoms with van der Waals surface area (Å²) in [5, 5.41) is 21.8. The number of hydrogen-bond acceptors (Lipinski definition) is 4. The lowest BCUT2D eigenvalue weighted by Gasteiger charge is -2.30. The first-order valence-corrected chi connectivity index (χ1v) is 7.37. The summed E-state index contributed by atoms with van der Waals surface area (Å²) in [7, 11) is 0. The Balaban J connectivity index is 1.94. The molecule has 1 amide bonds. The van der Waals surface area contributed by atoms with Gasteiger partial charge in [-0.25, -0.2) is 0 Å². The van der Waals surface area contributed by atoms with E-state index >= 15 is 0 Å². The van der Waals surface area contributed by atoms with Crippen LogP contribution in [0.1, 0.15) is 24.0 Å². The van der Waals surface area contributed by atoms with Crippen molar-refractivity contribution in [2.45, 2.75) is 25.0 Å². The summed E-state index contributed by atoms with van der Waals surface area (Å²) in [6.07, 6.45) is 1.00. The van der Waals surface area contributed by atoms with Crippen molar-refractivity contribution in [2.75, 3.05) is 11.5 Å². The van der Waals surface area contributed by atoms with Crippen LogP contribution in [0, 0.1) is 11.3 Å². The van der Waals surface area contributed by atoms with Crippen LogP contribution in [0.4, 0.5) is 0 Å². The molecule has 2 rings (SSSR count). The molecule has 1 heterocycles. The van der Waals surface area contributed by atoms with Crippen molar-refractivity contribution in [1.29, 1.82) is 5.26 Å². The van der Waals surface area contributed by atoms with Gasteiger partial charge in [-0.1, -0.05) is 12.1 Å². The lowest BCUT2D eigenvalue weighted by atomic mass is 9.95. The molecule has 1 fully saturated rings. The van der Waals surface area contributed by atoms with Gasteiger partial charge in [-0.3, -0.25) is 4.79 Å². The average molecular weight is 276 g/mol. The maximum absolute atomic E-state index is 12.0. The van der Waals surface area contributed by atoms with Crippen LogP contribution in [-0.4, -0.2) is 28.1 Å². The van der Waals surface area contributed by atoms with E-state index in [1.54, 1.807) is 30.0 Å². The lowest BCUT2D eigenvalue weighted by molar-refractivity contribution is -0.140. The summed E-state index contributed by atoms with van der Waals surface area (Å²) in [5.41, 5.74) is 0.207. The van der Waals surface area contributed by atoms with Gasteiger partial charge < -0.3 is 10.4 Å². The molecule has 1 aromatic carbocycles. The van der Waals surface area contributed by atoms with Crippen molar-refractivity contribution in [3.63, 3.8) is 0 Å². The van der Waals surface area contributed by atoms with Gasteiger partial charge in [-0.05, 0) is 42.0 Å². The van der Waals surface area contributed by atoms with Crippen molar-refractivity contribution in [3.8, 4) is 6.07 Å². The van der Waals surface area contributed by atoms with E-state index in [9.17, 15) is 9.90 Å². The Kier molecular flexibility index (Phi) is 4.46. The van der Waals surface area contributed by atoms with Gasteiger partial charge in [0, 0.05) is 6.54 Å². The van der Waals surface area contributed by atoms with Gasteiger partial charge in [0.15, 0.2) is 0 Å². The highest BCUT2D eigenvalue weighted by Crippen LogP contribution is 2.27. The van der Waals surface area contributed by atoms with Crippen LogP contribution in [0.2, 0.25) is 0 Å². The van der Waals surface area contributed by atoms with E-state index in [2.05, 4.69) is 11.4 Å². The molecule has 1 saturated heterocycles. The second-order valence-corrected chi connectivity index (χ2v) is 5.86. The van der Waals surface area contributed by atoms with Gasteiger partial charge in [0.25, 0.3) is 5.91 Å².